The predicted molar refractivity (Wildman–Crippen MR) is 74.5 cm³/mol. The van der Waals surface area contributed by atoms with Gasteiger partial charge in [0.15, 0.2) is 0 Å². The van der Waals surface area contributed by atoms with Crippen LogP contribution < -0.4 is 4.74 Å². The van der Waals surface area contributed by atoms with Crippen LogP contribution in [0.4, 0.5) is 4.39 Å². The van der Waals surface area contributed by atoms with E-state index in [1.807, 2.05) is 0 Å². The molecule has 0 aliphatic carbocycles. The summed E-state index contributed by atoms with van der Waals surface area (Å²) in [5, 5.41) is 8.64. The van der Waals surface area contributed by atoms with Crippen molar-refractivity contribution in [1.82, 2.24) is 0 Å². The Morgan fingerprint density at radius 2 is 2.00 bits per heavy atom. The normalized spacial score (nSPS) is 10.8. The molecule has 0 heterocycles. The van der Waals surface area contributed by atoms with Crippen molar-refractivity contribution >= 4 is 0 Å². The van der Waals surface area contributed by atoms with Gasteiger partial charge >= 0.3 is 0 Å². The zero-order chi connectivity index (χ0) is 14.3. The first-order valence-corrected chi connectivity index (χ1v) is 6.44. The van der Waals surface area contributed by atoms with Crippen molar-refractivity contribution in [2.45, 2.75) is 33.6 Å². The molecule has 0 saturated carbocycles. The van der Waals surface area contributed by atoms with E-state index in [9.17, 15) is 4.39 Å². The van der Waals surface area contributed by atoms with E-state index in [-0.39, 0.29) is 17.8 Å². The molecule has 0 saturated heterocycles. The first kappa shape index (κ1) is 15.5. The summed E-state index contributed by atoms with van der Waals surface area (Å²) >= 11 is 0. The molecule has 0 fully saturated rings. The van der Waals surface area contributed by atoms with Crippen molar-refractivity contribution < 1.29 is 14.2 Å². The van der Waals surface area contributed by atoms with E-state index in [1.54, 1.807) is 6.07 Å². The summed E-state index contributed by atoms with van der Waals surface area (Å²) in [6.45, 7) is 6.96. The van der Waals surface area contributed by atoms with Crippen LogP contribution in [0.3, 0.4) is 0 Å². The van der Waals surface area contributed by atoms with Gasteiger partial charge in [-0.2, -0.15) is 0 Å². The monoisotopic (exact) mass is 264 g/mol. The molecule has 0 spiro atoms. The SMILES string of the molecule is CC(C)(C)CCOc1cc(F)cc(C#CCCO)c1. The number of aliphatic hydroxyl groups excluding tert-OH is 1. The van der Waals surface area contributed by atoms with Crippen molar-refractivity contribution in [3.63, 3.8) is 0 Å². The molecule has 2 nitrogen and oxygen atoms in total. The average Bonchev–Trinajstić information content (AvgIpc) is 2.27. The van der Waals surface area contributed by atoms with Crippen LogP contribution in [-0.4, -0.2) is 18.3 Å². The van der Waals surface area contributed by atoms with Crippen LogP contribution in [0.25, 0.3) is 0 Å². The lowest BCUT2D eigenvalue weighted by Gasteiger charge is -2.18. The van der Waals surface area contributed by atoms with Crippen LogP contribution in [0.2, 0.25) is 0 Å². The third-order valence-corrected chi connectivity index (χ3v) is 2.46. The van der Waals surface area contributed by atoms with Gasteiger partial charge in [-0.1, -0.05) is 32.6 Å². The quantitative estimate of drug-likeness (QED) is 0.845. The number of hydrogen-bond donors (Lipinski definition) is 1. The zero-order valence-electron chi connectivity index (χ0n) is 11.8. The van der Waals surface area contributed by atoms with Crippen molar-refractivity contribution in [2.24, 2.45) is 5.41 Å². The Morgan fingerprint density at radius 1 is 1.26 bits per heavy atom. The van der Waals surface area contributed by atoms with Gasteiger partial charge in [-0.3, -0.25) is 0 Å². The van der Waals surface area contributed by atoms with Crippen LogP contribution in [0, 0.1) is 23.1 Å². The van der Waals surface area contributed by atoms with Crippen LogP contribution in [0.5, 0.6) is 5.75 Å². The van der Waals surface area contributed by atoms with Gasteiger partial charge in [0.05, 0.1) is 13.2 Å². The van der Waals surface area contributed by atoms with Gasteiger partial charge in [0.25, 0.3) is 0 Å². The van der Waals surface area contributed by atoms with Crippen molar-refractivity contribution in [1.29, 1.82) is 0 Å². The standard InChI is InChI=1S/C16H21FO2/c1-16(2,3)7-9-19-15-11-13(6-4-5-8-18)10-14(17)12-15/h10-12,18H,5,7-9H2,1-3H3. The van der Waals surface area contributed by atoms with Gasteiger partial charge in [-0.05, 0) is 24.0 Å². The Kier molecular flexibility index (Phi) is 5.85. The minimum absolute atomic E-state index is 0.0112. The Hall–Kier alpha value is -1.53. The van der Waals surface area contributed by atoms with Gasteiger partial charge in [0, 0.05) is 18.1 Å². The van der Waals surface area contributed by atoms with E-state index >= 15 is 0 Å². The summed E-state index contributed by atoms with van der Waals surface area (Å²) in [6, 6.07) is 4.44. The maximum atomic E-state index is 13.4. The van der Waals surface area contributed by atoms with Gasteiger partial charge in [0.2, 0.25) is 0 Å². The lowest BCUT2D eigenvalue weighted by molar-refractivity contribution is 0.242. The van der Waals surface area contributed by atoms with Gasteiger partial charge in [-0.25, -0.2) is 4.39 Å². The lowest BCUT2D eigenvalue weighted by atomic mass is 9.93. The molecule has 0 atom stereocenters. The number of ether oxygens (including phenoxy) is 1. The molecule has 1 aromatic carbocycles. The lowest BCUT2D eigenvalue weighted by Crippen LogP contribution is -2.11. The number of hydrogen-bond acceptors (Lipinski definition) is 2. The molecule has 0 bridgehead atoms. The van der Waals surface area contributed by atoms with Gasteiger partial charge in [-0.15, -0.1) is 0 Å². The Bertz CT molecular complexity index is 464. The third-order valence-electron chi connectivity index (χ3n) is 2.46. The smallest absolute Gasteiger partial charge is 0.128 e. The maximum Gasteiger partial charge on any atom is 0.128 e. The second-order valence-electron chi connectivity index (χ2n) is 5.61. The van der Waals surface area contributed by atoms with E-state index in [0.717, 1.165) is 6.42 Å². The molecule has 1 rings (SSSR count). The van der Waals surface area contributed by atoms with Gasteiger partial charge in [0.1, 0.15) is 11.6 Å². The molecule has 0 radical (unpaired) electrons. The Balaban J connectivity index is 2.67. The van der Waals surface area contributed by atoms with Crippen molar-refractivity contribution in [3.8, 4) is 17.6 Å². The summed E-state index contributed by atoms with van der Waals surface area (Å²) in [5.74, 6) is 5.71. The van der Waals surface area contributed by atoms with Crippen LogP contribution in [0.15, 0.2) is 18.2 Å². The highest BCUT2D eigenvalue weighted by atomic mass is 19.1. The molecule has 0 aliphatic rings. The van der Waals surface area contributed by atoms with Crippen molar-refractivity contribution in [2.75, 3.05) is 13.2 Å². The highest BCUT2D eigenvalue weighted by molar-refractivity contribution is 5.40. The molecule has 104 valence electrons. The fourth-order valence-electron chi connectivity index (χ4n) is 1.41. The fourth-order valence-corrected chi connectivity index (χ4v) is 1.41. The fraction of sp³-hybridized carbons (Fsp3) is 0.500. The first-order chi connectivity index (χ1) is 8.90. The van der Waals surface area contributed by atoms with Crippen LogP contribution in [-0.2, 0) is 0 Å². The van der Waals surface area contributed by atoms with E-state index in [2.05, 4.69) is 32.6 Å². The van der Waals surface area contributed by atoms with Crippen LogP contribution >= 0.6 is 0 Å². The minimum atomic E-state index is -0.360. The first-order valence-electron chi connectivity index (χ1n) is 6.44. The minimum Gasteiger partial charge on any atom is -0.493 e. The Labute approximate surface area is 114 Å². The van der Waals surface area contributed by atoms with E-state index < -0.39 is 0 Å². The summed E-state index contributed by atoms with van der Waals surface area (Å²) in [5.41, 5.74) is 0.760. The molecule has 1 aromatic rings. The molecule has 0 aliphatic heterocycles. The summed E-state index contributed by atoms with van der Waals surface area (Å²) in [6.07, 6.45) is 1.28. The second-order valence-corrected chi connectivity index (χ2v) is 5.61. The van der Waals surface area contributed by atoms with E-state index in [0.29, 0.717) is 24.3 Å². The third kappa shape index (κ3) is 6.83. The molecule has 0 unspecified atom stereocenters. The Morgan fingerprint density at radius 3 is 2.63 bits per heavy atom. The maximum absolute atomic E-state index is 13.4. The molecular formula is C16H21FO2. The van der Waals surface area contributed by atoms with E-state index in [4.69, 9.17) is 9.84 Å². The molecule has 0 amide bonds. The number of aliphatic hydroxyl groups is 1. The summed E-state index contributed by atoms with van der Waals surface area (Å²) in [7, 11) is 0. The second kappa shape index (κ2) is 7.16. The number of rotatable bonds is 4. The predicted octanol–water partition coefficient (Wildman–Crippen LogP) is 3.37. The summed E-state index contributed by atoms with van der Waals surface area (Å²) < 4.78 is 19.0. The molecule has 1 N–H and O–H groups in total. The topological polar surface area (TPSA) is 29.5 Å². The van der Waals surface area contributed by atoms with Crippen molar-refractivity contribution in [3.05, 3.63) is 29.6 Å². The molecule has 19 heavy (non-hydrogen) atoms. The molecule has 3 heteroatoms. The molecule has 0 aromatic heterocycles. The summed E-state index contributed by atoms with van der Waals surface area (Å²) in [4.78, 5) is 0. The zero-order valence-corrected chi connectivity index (χ0v) is 11.8. The highest BCUT2D eigenvalue weighted by Crippen LogP contribution is 2.21. The largest absolute Gasteiger partial charge is 0.493 e. The highest BCUT2D eigenvalue weighted by Gasteiger charge is 2.10. The van der Waals surface area contributed by atoms with Crippen LogP contribution in [0.1, 0.15) is 39.2 Å². The molecular weight excluding hydrogens is 243 g/mol. The number of halogens is 1. The number of benzene rings is 1. The van der Waals surface area contributed by atoms with E-state index in [1.165, 1.54) is 12.1 Å². The average molecular weight is 264 g/mol. The van der Waals surface area contributed by atoms with Gasteiger partial charge < -0.3 is 9.84 Å².